The van der Waals surface area contributed by atoms with Gasteiger partial charge < -0.3 is 34.0 Å². The minimum absolute atomic E-state index is 0.0497. The first-order chi connectivity index (χ1) is 26.9. The summed E-state index contributed by atoms with van der Waals surface area (Å²) in [7, 11) is 0.451. The number of rotatable bonds is 12. The van der Waals surface area contributed by atoms with Gasteiger partial charge in [0.1, 0.15) is 5.75 Å². The van der Waals surface area contributed by atoms with Crippen molar-refractivity contribution < 1.29 is 38.5 Å². The van der Waals surface area contributed by atoms with Crippen molar-refractivity contribution in [3.8, 4) is 5.75 Å². The normalized spacial score (nSPS) is 24.7. The highest BCUT2D eigenvalue weighted by molar-refractivity contribution is 6.91. The lowest BCUT2D eigenvalue weighted by Gasteiger charge is -2.39. The van der Waals surface area contributed by atoms with Gasteiger partial charge in [0.05, 0.1) is 53.2 Å². The van der Waals surface area contributed by atoms with E-state index in [0.717, 1.165) is 51.8 Å². The van der Waals surface area contributed by atoms with Crippen molar-refractivity contribution in [2.45, 2.75) is 101 Å². The molecule has 0 aliphatic carbocycles. The van der Waals surface area contributed by atoms with Crippen LogP contribution >= 0.6 is 0 Å². The second-order valence-electron chi connectivity index (χ2n) is 16.4. The Kier molecular flexibility index (Phi) is 11.4. The van der Waals surface area contributed by atoms with Crippen LogP contribution in [-0.2, 0) is 47.2 Å². The van der Waals surface area contributed by atoms with Gasteiger partial charge in [0, 0.05) is 49.6 Å². The van der Waals surface area contributed by atoms with Crippen LogP contribution in [0.25, 0.3) is 0 Å². The Morgan fingerprint density at radius 1 is 0.982 bits per heavy atom. The molecule has 4 aliphatic heterocycles. The number of esters is 1. The van der Waals surface area contributed by atoms with Gasteiger partial charge >= 0.3 is 5.97 Å². The van der Waals surface area contributed by atoms with Crippen LogP contribution in [-0.4, -0.2) is 87.8 Å². The maximum atomic E-state index is 15.3. The van der Waals surface area contributed by atoms with Crippen LogP contribution in [0, 0.1) is 5.92 Å². The van der Waals surface area contributed by atoms with E-state index in [1.165, 1.54) is 7.11 Å². The number of aliphatic hydroxyl groups excluding tert-OH is 1. The van der Waals surface area contributed by atoms with Crippen LogP contribution in [0.3, 0.4) is 0 Å². The number of carbonyl (C=O) groups excluding carboxylic acids is 4. The minimum atomic E-state index is -2.57. The molecule has 1 N–H and O–H groups in total. The molecule has 4 aliphatic rings. The lowest BCUT2D eigenvalue weighted by Crippen LogP contribution is -2.52. The molecule has 4 heterocycles. The number of methoxy groups -OCH3 is 2. The fourth-order valence-corrected chi connectivity index (χ4v) is 14.0. The van der Waals surface area contributed by atoms with Crippen molar-refractivity contribution in [1.82, 2.24) is 4.90 Å². The number of amides is 3. The molecule has 7 rings (SSSR count). The third kappa shape index (κ3) is 7.04. The maximum Gasteiger partial charge on any atom is 0.305 e. The fraction of sp³-hybridized carbons (Fsp3) is 0.500. The predicted octanol–water partition coefficient (Wildman–Crippen LogP) is 5.45. The molecular weight excluding hydrogens is 727 g/mol. The van der Waals surface area contributed by atoms with Gasteiger partial charge in [-0.3, -0.25) is 19.2 Å². The topological polar surface area (TPSA) is 126 Å². The van der Waals surface area contributed by atoms with Crippen LogP contribution < -0.4 is 19.7 Å². The summed E-state index contributed by atoms with van der Waals surface area (Å²) in [6.45, 7) is 7.90. The van der Waals surface area contributed by atoms with E-state index in [2.05, 4.69) is 38.2 Å². The molecule has 2 fully saturated rings. The van der Waals surface area contributed by atoms with Crippen molar-refractivity contribution in [3.05, 3.63) is 83.4 Å². The van der Waals surface area contributed by atoms with Gasteiger partial charge in [0.2, 0.25) is 11.8 Å². The highest BCUT2D eigenvalue weighted by Gasteiger charge is 2.66. The molecule has 0 radical (unpaired) electrons. The molecule has 3 aromatic rings. The van der Waals surface area contributed by atoms with Crippen LogP contribution in [0.4, 0.5) is 11.4 Å². The molecule has 12 heteroatoms. The first-order valence-corrected chi connectivity index (χ1v) is 23.2. The van der Waals surface area contributed by atoms with E-state index < -0.39 is 19.8 Å². The molecule has 56 heavy (non-hydrogen) atoms. The Hall–Kier alpha value is -4.52. The van der Waals surface area contributed by atoms with Gasteiger partial charge in [0.15, 0.2) is 5.60 Å². The van der Waals surface area contributed by atoms with E-state index in [1.807, 2.05) is 53.4 Å². The lowest BCUT2D eigenvalue weighted by atomic mass is 9.82. The molecule has 2 saturated heterocycles. The number of benzene rings is 3. The van der Waals surface area contributed by atoms with Crippen molar-refractivity contribution in [2.24, 2.45) is 5.92 Å². The highest BCUT2D eigenvalue weighted by atomic mass is 28.3. The fourth-order valence-electron chi connectivity index (χ4n) is 9.94. The first kappa shape index (κ1) is 39.7. The molecule has 3 aromatic carbocycles. The van der Waals surface area contributed by atoms with Crippen molar-refractivity contribution in [3.63, 3.8) is 0 Å². The van der Waals surface area contributed by atoms with Gasteiger partial charge in [-0.2, -0.15) is 0 Å². The number of ether oxygens (including phenoxy) is 3. The van der Waals surface area contributed by atoms with Gasteiger partial charge in [-0.25, -0.2) is 0 Å². The van der Waals surface area contributed by atoms with Gasteiger partial charge in [-0.15, -0.1) is 0 Å². The number of aliphatic hydroxyl groups is 1. The van der Waals surface area contributed by atoms with E-state index in [-0.39, 0.29) is 60.6 Å². The second-order valence-corrected chi connectivity index (χ2v) is 21.1. The zero-order chi connectivity index (χ0) is 39.8. The summed E-state index contributed by atoms with van der Waals surface area (Å²) in [6, 6.07) is 21.7. The smallest absolute Gasteiger partial charge is 0.305 e. The molecule has 0 saturated carbocycles. The van der Waals surface area contributed by atoms with Crippen LogP contribution in [0.2, 0.25) is 18.6 Å². The van der Waals surface area contributed by atoms with Gasteiger partial charge in [-0.05, 0) is 79.1 Å². The highest BCUT2D eigenvalue weighted by Crippen LogP contribution is 2.60. The Bertz CT molecular complexity index is 1970. The third-order valence-electron chi connectivity index (χ3n) is 13.0. The average Bonchev–Trinajstić information content (AvgIpc) is 3.64. The summed E-state index contributed by atoms with van der Waals surface area (Å²) in [5.74, 6) is -0.126. The molecule has 1 spiro atoms. The van der Waals surface area contributed by atoms with Gasteiger partial charge in [-0.1, -0.05) is 61.6 Å². The summed E-state index contributed by atoms with van der Waals surface area (Å²) in [5.41, 5.74) is 2.80. The summed E-state index contributed by atoms with van der Waals surface area (Å²) < 4.78 is 17.7. The molecule has 298 valence electrons. The first-order valence-electron chi connectivity index (χ1n) is 20.1. The number of hydrogen-bond donors (Lipinski definition) is 1. The van der Waals surface area contributed by atoms with E-state index in [4.69, 9.17) is 14.2 Å². The zero-order valence-corrected chi connectivity index (χ0v) is 34.3. The monoisotopic (exact) mass is 781 g/mol. The maximum absolute atomic E-state index is 15.3. The van der Waals surface area contributed by atoms with Crippen LogP contribution in [0.1, 0.15) is 68.6 Å². The average molecular weight is 782 g/mol. The Morgan fingerprint density at radius 3 is 2.43 bits per heavy atom. The molecule has 0 unspecified atom stereocenters. The summed E-state index contributed by atoms with van der Waals surface area (Å²) in [5, 5.41) is 11.7. The number of hydrogen-bond acceptors (Lipinski definition) is 8. The van der Waals surface area contributed by atoms with Crippen LogP contribution in [0.15, 0.2) is 66.7 Å². The number of fused-ring (bicyclic) bond motifs is 3. The second kappa shape index (κ2) is 16.1. The van der Waals surface area contributed by atoms with Crippen molar-refractivity contribution in [1.29, 1.82) is 0 Å². The number of unbranched alkanes of at least 4 members (excludes halogenated alkanes) is 1. The van der Waals surface area contributed by atoms with E-state index in [0.29, 0.717) is 45.3 Å². The largest absolute Gasteiger partial charge is 0.497 e. The Morgan fingerprint density at radius 2 is 1.73 bits per heavy atom. The number of carbonyl (C=O) groups is 4. The standard InChI is InChI=1S/C44H55N3O8Si/c1-29-42(56(4,5)35-19-17-34(53-2)18-20-35)38(26-40(50)47-27-31-13-7-6-12-30(31)24-33(47)28-48)55-44(29)36-25-32(45-22-10-8-14-39(45)49)16-21-37(36)46(43(44)52)23-11-9-15-41(51)54-3/h6-7,12-13,16-21,25,29,33,38,42,48H,8-11,14-15,22-24,26-28H2,1-5H3/t29-,33-,38+,42-,44+/m0/s1. The molecule has 0 bridgehead atoms. The SMILES string of the molecule is COC(=O)CCCCN1C(=O)[C@]2(O[C@H](CC(=O)N3Cc4ccccc4C[C@H]3CO)[C@@H]([Si](C)(C)c3ccc(OC)cc3)[C@@H]2C)c2cc(N3CCCCC3=O)ccc21. The number of piperidine rings is 1. The number of nitrogens with zero attached hydrogens (tertiary/aromatic N) is 3. The summed E-state index contributed by atoms with van der Waals surface area (Å²) >= 11 is 0. The summed E-state index contributed by atoms with van der Waals surface area (Å²) in [4.78, 5) is 60.5. The molecule has 0 aromatic heterocycles. The molecule has 11 nitrogen and oxygen atoms in total. The Balaban J connectivity index is 1.30. The molecular formula is C44H55N3O8Si. The van der Waals surface area contributed by atoms with Gasteiger partial charge in [0.25, 0.3) is 5.91 Å². The zero-order valence-electron chi connectivity index (χ0n) is 33.3. The Labute approximate surface area is 330 Å². The lowest BCUT2D eigenvalue weighted by molar-refractivity contribution is -0.151. The molecule has 5 atom stereocenters. The third-order valence-corrected chi connectivity index (χ3v) is 17.3. The molecule has 3 amide bonds. The predicted molar refractivity (Wildman–Crippen MR) is 217 cm³/mol. The van der Waals surface area contributed by atoms with Crippen molar-refractivity contribution >= 4 is 48.3 Å². The van der Waals surface area contributed by atoms with Crippen LogP contribution in [0.5, 0.6) is 5.75 Å². The van der Waals surface area contributed by atoms with Crippen molar-refractivity contribution in [2.75, 3.05) is 43.7 Å². The quantitative estimate of drug-likeness (QED) is 0.146. The van der Waals surface area contributed by atoms with E-state index in [9.17, 15) is 19.5 Å². The summed E-state index contributed by atoms with van der Waals surface area (Å²) in [6.07, 6.45) is 3.61. The minimum Gasteiger partial charge on any atom is -0.497 e. The number of anilines is 2. The van der Waals surface area contributed by atoms with E-state index in [1.54, 1.807) is 16.9 Å². The van der Waals surface area contributed by atoms with E-state index >= 15 is 4.79 Å².